The summed E-state index contributed by atoms with van der Waals surface area (Å²) in [6.07, 6.45) is 3.64. The summed E-state index contributed by atoms with van der Waals surface area (Å²) in [7, 11) is 0. The molecule has 2 aliphatic rings. The number of hydrogen-bond acceptors (Lipinski definition) is 3. The molecule has 1 unspecified atom stereocenters. The Morgan fingerprint density at radius 2 is 2.29 bits per heavy atom. The van der Waals surface area contributed by atoms with Crippen LogP contribution >= 0.6 is 0 Å². The van der Waals surface area contributed by atoms with Crippen molar-refractivity contribution in [3.63, 3.8) is 0 Å². The molecule has 0 bridgehead atoms. The number of fused-ring (bicyclic) bond motifs is 3. The van der Waals surface area contributed by atoms with Crippen molar-refractivity contribution in [3.05, 3.63) is 29.0 Å². The van der Waals surface area contributed by atoms with Crippen LogP contribution in [0.25, 0.3) is 11.0 Å². The van der Waals surface area contributed by atoms with Gasteiger partial charge in [0.05, 0.1) is 5.69 Å². The standard InChI is InChI=1S/C14H16N2O/c1-9-11-3-2-10-6-14(4-5-15-8-14)7-12(10)13(11)17-16-9/h2-3,15H,4-8H2,1H3. The molecule has 1 aromatic heterocycles. The number of nitrogens with zero attached hydrogens (tertiary/aromatic N) is 1. The summed E-state index contributed by atoms with van der Waals surface area (Å²) in [6, 6.07) is 4.44. The van der Waals surface area contributed by atoms with Crippen molar-refractivity contribution in [2.45, 2.75) is 26.2 Å². The molecule has 3 heteroatoms. The Balaban J connectivity index is 1.89. The van der Waals surface area contributed by atoms with Crippen LogP contribution in [0.4, 0.5) is 0 Å². The summed E-state index contributed by atoms with van der Waals surface area (Å²) in [4.78, 5) is 0. The minimum absolute atomic E-state index is 0.456. The average Bonchev–Trinajstić information content (AvgIpc) is 2.99. The van der Waals surface area contributed by atoms with E-state index in [-0.39, 0.29) is 0 Å². The molecule has 1 aliphatic heterocycles. The predicted octanol–water partition coefficient (Wildman–Crippen LogP) is 2.21. The lowest BCUT2D eigenvalue weighted by Crippen LogP contribution is -2.24. The van der Waals surface area contributed by atoms with Crippen LogP contribution in [0.3, 0.4) is 0 Å². The van der Waals surface area contributed by atoms with Crippen LogP contribution in [0, 0.1) is 12.3 Å². The molecule has 3 nitrogen and oxygen atoms in total. The van der Waals surface area contributed by atoms with Gasteiger partial charge < -0.3 is 9.84 Å². The summed E-state index contributed by atoms with van der Waals surface area (Å²) in [6.45, 7) is 4.32. The number of hydrogen-bond donors (Lipinski definition) is 1. The average molecular weight is 228 g/mol. The number of rotatable bonds is 0. The van der Waals surface area contributed by atoms with Gasteiger partial charge in [-0.2, -0.15) is 0 Å². The monoisotopic (exact) mass is 228 g/mol. The van der Waals surface area contributed by atoms with Gasteiger partial charge >= 0.3 is 0 Å². The first-order valence-corrected chi connectivity index (χ1v) is 6.35. The Morgan fingerprint density at radius 3 is 3.12 bits per heavy atom. The molecule has 2 heterocycles. The first kappa shape index (κ1) is 9.66. The SMILES string of the molecule is Cc1noc2c3c(ccc12)CC1(CCNC1)C3. The second-order valence-electron chi connectivity index (χ2n) is 5.63. The van der Waals surface area contributed by atoms with Crippen molar-refractivity contribution in [3.8, 4) is 0 Å². The van der Waals surface area contributed by atoms with Crippen molar-refractivity contribution < 1.29 is 4.52 Å². The zero-order valence-corrected chi connectivity index (χ0v) is 10.0. The topological polar surface area (TPSA) is 38.1 Å². The van der Waals surface area contributed by atoms with E-state index in [9.17, 15) is 0 Å². The van der Waals surface area contributed by atoms with Gasteiger partial charge in [-0.1, -0.05) is 11.2 Å². The number of benzene rings is 1. The van der Waals surface area contributed by atoms with Crippen LogP contribution in [0.5, 0.6) is 0 Å². The van der Waals surface area contributed by atoms with Gasteiger partial charge in [0.25, 0.3) is 0 Å². The molecule has 0 radical (unpaired) electrons. The molecule has 1 aliphatic carbocycles. The molecule has 17 heavy (non-hydrogen) atoms. The Kier molecular flexibility index (Phi) is 1.76. The summed E-state index contributed by atoms with van der Waals surface area (Å²) in [5.74, 6) is 0. The van der Waals surface area contributed by atoms with Crippen LogP contribution in [-0.2, 0) is 12.8 Å². The predicted molar refractivity (Wildman–Crippen MR) is 66.1 cm³/mol. The maximum atomic E-state index is 5.52. The number of nitrogens with one attached hydrogen (secondary N) is 1. The molecule has 0 saturated carbocycles. The highest BCUT2D eigenvalue weighted by Gasteiger charge is 2.40. The lowest BCUT2D eigenvalue weighted by molar-refractivity contribution is 0.344. The van der Waals surface area contributed by atoms with E-state index in [1.807, 2.05) is 6.92 Å². The van der Waals surface area contributed by atoms with E-state index in [1.165, 1.54) is 29.4 Å². The normalized spacial score (nSPS) is 27.1. The zero-order valence-electron chi connectivity index (χ0n) is 10.0. The first-order valence-electron chi connectivity index (χ1n) is 6.35. The van der Waals surface area contributed by atoms with Crippen molar-refractivity contribution in [1.82, 2.24) is 10.5 Å². The lowest BCUT2D eigenvalue weighted by atomic mass is 9.84. The van der Waals surface area contributed by atoms with Crippen molar-refractivity contribution in [1.29, 1.82) is 0 Å². The molecular weight excluding hydrogens is 212 g/mol. The van der Waals surface area contributed by atoms with Crippen molar-refractivity contribution in [2.24, 2.45) is 5.41 Å². The van der Waals surface area contributed by atoms with Gasteiger partial charge in [0.15, 0.2) is 5.58 Å². The second kappa shape index (κ2) is 3.10. The van der Waals surface area contributed by atoms with E-state index in [1.54, 1.807) is 0 Å². The number of aromatic nitrogens is 1. The summed E-state index contributed by atoms with van der Waals surface area (Å²) in [5.41, 5.74) is 5.37. The van der Waals surface area contributed by atoms with Crippen LogP contribution < -0.4 is 5.32 Å². The third-order valence-electron chi connectivity index (χ3n) is 4.47. The van der Waals surface area contributed by atoms with Crippen molar-refractivity contribution in [2.75, 3.05) is 13.1 Å². The largest absolute Gasteiger partial charge is 0.356 e. The van der Waals surface area contributed by atoms with Crippen LogP contribution in [0.15, 0.2) is 16.7 Å². The van der Waals surface area contributed by atoms with Gasteiger partial charge in [0, 0.05) is 17.5 Å². The van der Waals surface area contributed by atoms with Gasteiger partial charge in [-0.15, -0.1) is 0 Å². The Hall–Kier alpha value is -1.35. The molecule has 2 aromatic rings. The molecule has 0 amide bonds. The zero-order chi connectivity index (χ0) is 11.5. The smallest absolute Gasteiger partial charge is 0.170 e. The summed E-state index contributed by atoms with van der Waals surface area (Å²) < 4.78 is 5.52. The maximum absolute atomic E-state index is 5.52. The number of aryl methyl sites for hydroxylation is 1. The lowest BCUT2D eigenvalue weighted by Gasteiger charge is -2.20. The highest BCUT2D eigenvalue weighted by molar-refractivity contribution is 5.84. The molecule has 1 saturated heterocycles. The highest BCUT2D eigenvalue weighted by atomic mass is 16.5. The van der Waals surface area contributed by atoms with Gasteiger partial charge in [-0.3, -0.25) is 0 Å². The van der Waals surface area contributed by atoms with E-state index >= 15 is 0 Å². The third-order valence-corrected chi connectivity index (χ3v) is 4.47. The van der Waals surface area contributed by atoms with Gasteiger partial charge in [-0.05, 0) is 49.8 Å². The molecule has 4 rings (SSSR count). The fourth-order valence-corrected chi connectivity index (χ4v) is 3.52. The van der Waals surface area contributed by atoms with E-state index in [4.69, 9.17) is 4.52 Å². The minimum atomic E-state index is 0.456. The minimum Gasteiger partial charge on any atom is -0.356 e. The van der Waals surface area contributed by atoms with Gasteiger partial charge in [0.2, 0.25) is 0 Å². The van der Waals surface area contributed by atoms with Crippen LogP contribution in [-0.4, -0.2) is 18.2 Å². The highest BCUT2D eigenvalue weighted by Crippen LogP contribution is 2.44. The summed E-state index contributed by atoms with van der Waals surface area (Å²) >= 11 is 0. The van der Waals surface area contributed by atoms with E-state index < -0.39 is 0 Å². The molecule has 1 fully saturated rings. The fraction of sp³-hybridized carbons (Fsp3) is 0.500. The van der Waals surface area contributed by atoms with E-state index in [0.29, 0.717) is 5.41 Å². The maximum Gasteiger partial charge on any atom is 0.170 e. The third kappa shape index (κ3) is 1.23. The van der Waals surface area contributed by atoms with Crippen LogP contribution in [0.2, 0.25) is 0 Å². The van der Waals surface area contributed by atoms with E-state index in [2.05, 4.69) is 22.6 Å². The molecule has 1 N–H and O–H groups in total. The molecule has 88 valence electrons. The molecule has 1 spiro atoms. The second-order valence-corrected chi connectivity index (χ2v) is 5.63. The first-order chi connectivity index (χ1) is 8.27. The Bertz CT molecular complexity index is 594. The van der Waals surface area contributed by atoms with Crippen LogP contribution in [0.1, 0.15) is 23.2 Å². The molecule has 1 aromatic carbocycles. The van der Waals surface area contributed by atoms with Gasteiger partial charge in [0.1, 0.15) is 0 Å². The Labute approximate surface area is 100 Å². The van der Waals surface area contributed by atoms with E-state index in [0.717, 1.165) is 30.8 Å². The Morgan fingerprint density at radius 1 is 1.35 bits per heavy atom. The fourth-order valence-electron chi connectivity index (χ4n) is 3.52. The quantitative estimate of drug-likeness (QED) is 0.751. The van der Waals surface area contributed by atoms with Crippen molar-refractivity contribution >= 4 is 11.0 Å². The molecule has 1 atom stereocenters. The van der Waals surface area contributed by atoms with Gasteiger partial charge in [-0.25, -0.2) is 0 Å². The summed E-state index contributed by atoms with van der Waals surface area (Å²) in [5, 5.41) is 8.78. The molecular formula is C14H16N2O.